The third-order valence-corrected chi connectivity index (χ3v) is 4.94. The quantitative estimate of drug-likeness (QED) is 0.349. The van der Waals surface area contributed by atoms with Gasteiger partial charge in [0, 0.05) is 29.7 Å². The van der Waals surface area contributed by atoms with Crippen LogP contribution in [0.2, 0.25) is 0 Å². The highest BCUT2D eigenvalue weighted by Gasteiger charge is 2.10. The third kappa shape index (κ3) is 5.29. The summed E-state index contributed by atoms with van der Waals surface area (Å²) in [6, 6.07) is 15.8. The fraction of sp³-hybridized carbons (Fsp3) is 0.348. The lowest BCUT2D eigenvalue weighted by molar-refractivity contribution is 0.186. The molecule has 4 N–H and O–H groups in total. The summed E-state index contributed by atoms with van der Waals surface area (Å²) >= 11 is 0. The van der Waals surface area contributed by atoms with Gasteiger partial charge in [-0.3, -0.25) is 4.99 Å². The van der Waals surface area contributed by atoms with Gasteiger partial charge in [-0.15, -0.1) is 0 Å². The molecule has 1 aromatic heterocycles. The minimum Gasteiger partial charge on any atom is -0.497 e. The molecule has 6 heteroatoms. The molecule has 1 heterocycles. The Morgan fingerprint density at radius 2 is 2.00 bits per heavy atom. The Morgan fingerprint density at radius 3 is 2.79 bits per heavy atom. The lowest BCUT2D eigenvalue weighted by Crippen LogP contribution is -2.38. The average molecular weight is 395 g/mol. The van der Waals surface area contributed by atoms with Crippen molar-refractivity contribution < 1.29 is 9.84 Å². The molecule has 1 atom stereocenters. The number of aliphatic hydroxyl groups is 1. The summed E-state index contributed by atoms with van der Waals surface area (Å²) in [5.74, 6) is 1.43. The molecule has 0 fully saturated rings. The first kappa shape index (κ1) is 20.7. The van der Waals surface area contributed by atoms with E-state index in [4.69, 9.17) is 4.74 Å². The number of aromatic nitrogens is 1. The van der Waals surface area contributed by atoms with Crippen LogP contribution >= 0.6 is 0 Å². The molecule has 0 amide bonds. The maximum atomic E-state index is 10.5. The molecule has 0 saturated carbocycles. The van der Waals surface area contributed by atoms with Crippen LogP contribution in [0.5, 0.6) is 5.75 Å². The number of aliphatic hydroxyl groups excluding tert-OH is 1. The number of para-hydroxylation sites is 1. The van der Waals surface area contributed by atoms with Gasteiger partial charge in [0.25, 0.3) is 0 Å². The van der Waals surface area contributed by atoms with Crippen LogP contribution in [-0.4, -0.2) is 42.8 Å². The number of guanidine groups is 1. The van der Waals surface area contributed by atoms with E-state index in [1.54, 1.807) is 7.11 Å². The van der Waals surface area contributed by atoms with E-state index in [-0.39, 0.29) is 6.54 Å². The normalized spacial score (nSPS) is 12.8. The standard InChI is InChI=1S/C23H30N4O2/c1-4-24-23(26-15-22(28)17-8-7-9-18(14-17)29-3)25-13-12-19-16(2)27-21-11-6-5-10-20(19)21/h5-11,14,22,27-28H,4,12-13,15H2,1-3H3,(H2,24,25,26). The Kier molecular flexibility index (Phi) is 7.14. The highest BCUT2D eigenvalue weighted by Crippen LogP contribution is 2.22. The summed E-state index contributed by atoms with van der Waals surface area (Å²) < 4.78 is 5.22. The predicted molar refractivity (Wildman–Crippen MR) is 119 cm³/mol. The van der Waals surface area contributed by atoms with E-state index < -0.39 is 6.10 Å². The van der Waals surface area contributed by atoms with Crippen LogP contribution in [0.15, 0.2) is 53.5 Å². The van der Waals surface area contributed by atoms with Crippen LogP contribution in [0.25, 0.3) is 10.9 Å². The van der Waals surface area contributed by atoms with Gasteiger partial charge in [0.05, 0.1) is 19.8 Å². The molecule has 3 rings (SSSR count). The van der Waals surface area contributed by atoms with Crippen molar-refractivity contribution in [3.05, 3.63) is 65.4 Å². The lowest BCUT2D eigenvalue weighted by atomic mass is 10.1. The van der Waals surface area contributed by atoms with Gasteiger partial charge < -0.3 is 25.5 Å². The highest BCUT2D eigenvalue weighted by molar-refractivity contribution is 5.84. The maximum Gasteiger partial charge on any atom is 0.191 e. The van der Waals surface area contributed by atoms with Crippen LogP contribution in [0.3, 0.4) is 0 Å². The van der Waals surface area contributed by atoms with Gasteiger partial charge >= 0.3 is 0 Å². The van der Waals surface area contributed by atoms with E-state index >= 15 is 0 Å². The van der Waals surface area contributed by atoms with Crippen molar-refractivity contribution in [1.29, 1.82) is 0 Å². The maximum absolute atomic E-state index is 10.5. The van der Waals surface area contributed by atoms with Crippen LogP contribution in [0, 0.1) is 6.92 Å². The molecule has 0 aliphatic carbocycles. The second kappa shape index (κ2) is 9.98. The number of aliphatic imine (C=N–C) groups is 1. The Labute approximate surface area is 172 Å². The number of benzene rings is 2. The number of H-pyrrole nitrogens is 1. The molecule has 154 valence electrons. The number of hydrogen-bond donors (Lipinski definition) is 4. The van der Waals surface area contributed by atoms with Crippen molar-refractivity contribution in [2.45, 2.75) is 26.4 Å². The zero-order valence-electron chi connectivity index (χ0n) is 17.3. The van der Waals surface area contributed by atoms with Gasteiger partial charge in [-0.1, -0.05) is 30.3 Å². The van der Waals surface area contributed by atoms with E-state index in [1.807, 2.05) is 37.3 Å². The fourth-order valence-corrected chi connectivity index (χ4v) is 3.44. The number of nitrogens with zero attached hydrogens (tertiary/aromatic N) is 1. The first-order valence-corrected chi connectivity index (χ1v) is 10.0. The Hall–Kier alpha value is -2.99. The second-order valence-electron chi connectivity index (χ2n) is 6.96. The van der Waals surface area contributed by atoms with Gasteiger partial charge in [-0.05, 0) is 49.6 Å². The molecule has 0 radical (unpaired) electrons. The molecule has 0 aliphatic heterocycles. The first-order valence-electron chi connectivity index (χ1n) is 10.0. The number of hydrogen-bond acceptors (Lipinski definition) is 3. The van der Waals surface area contributed by atoms with Crippen molar-refractivity contribution in [2.24, 2.45) is 4.99 Å². The zero-order chi connectivity index (χ0) is 20.6. The summed E-state index contributed by atoms with van der Waals surface area (Å²) in [5.41, 5.74) is 4.48. The van der Waals surface area contributed by atoms with Crippen LogP contribution < -0.4 is 15.4 Å². The van der Waals surface area contributed by atoms with Crippen molar-refractivity contribution in [3.8, 4) is 5.75 Å². The second-order valence-corrected chi connectivity index (χ2v) is 6.96. The molecule has 2 aromatic carbocycles. The minimum absolute atomic E-state index is 0.272. The molecule has 0 saturated heterocycles. The number of rotatable bonds is 8. The number of fused-ring (bicyclic) bond motifs is 1. The molecule has 0 aliphatic rings. The summed E-state index contributed by atoms with van der Waals surface area (Å²) in [5, 5.41) is 18.3. The number of methoxy groups -OCH3 is 1. The summed E-state index contributed by atoms with van der Waals surface area (Å²) in [6.07, 6.45) is 0.204. The van der Waals surface area contributed by atoms with E-state index in [0.29, 0.717) is 5.96 Å². The largest absolute Gasteiger partial charge is 0.497 e. The molecule has 3 aromatic rings. The number of aryl methyl sites for hydroxylation is 1. The van der Waals surface area contributed by atoms with Gasteiger partial charge in [-0.2, -0.15) is 0 Å². The van der Waals surface area contributed by atoms with Crippen molar-refractivity contribution in [3.63, 3.8) is 0 Å². The monoisotopic (exact) mass is 394 g/mol. The van der Waals surface area contributed by atoms with Gasteiger partial charge in [0.1, 0.15) is 5.75 Å². The summed E-state index contributed by atoms with van der Waals surface area (Å²) in [7, 11) is 1.62. The topological polar surface area (TPSA) is 81.7 Å². The third-order valence-electron chi connectivity index (χ3n) is 4.94. The van der Waals surface area contributed by atoms with E-state index in [1.165, 1.54) is 22.2 Å². The summed E-state index contributed by atoms with van der Waals surface area (Å²) in [4.78, 5) is 7.99. The molecule has 1 unspecified atom stereocenters. The van der Waals surface area contributed by atoms with E-state index in [9.17, 15) is 5.11 Å². The van der Waals surface area contributed by atoms with Gasteiger partial charge in [-0.25, -0.2) is 0 Å². The highest BCUT2D eigenvalue weighted by atomic mass is 16.5. The Morgan fingerprint density at radius 1 is 1.17 bits per heavy atom. The Balaban J connectivity index is 1.61. The number of ether oxygens (including phenoxy) is 1. The molecule has 29 heavy (non-hydrogen) atoms. The average Bonchev–Trinajstić information content (AvgIpc) is 3.07. The smallest absolute Gasteiger partial charge is 0.191 e. The molecule has 0 spiro atoms. The molecule has 0 bridgehead atoms. The molecular weight excluding hydrogens is 364 g/mol. The molecular formula is C23H30N4O2. The van der Waals surface area contributed by atoms with E-state index in [0.717, 1.165) is 30.8 Å². The predicted octanol–water partition coefficient (Wildman–Crippen LogP) is 3.32. The first-order chi connectivity index (χ1) is 14.1. The van der Waals surface area contributed by atoms with Crippen molar-refractivity contribution in [1.82, 2.24) is 15.6 Å². The molecule has 6 nitrogen and oxygen atoms in total. The minimum atomic E-state index is -0.684. The fourth-order valence-electron chi connectivity index (χ4n) is 3.44. The number of aromatic amines is 1. The van der Waals surface area contributed by atoms with Crippen LogP contribution in [0.1, 0.15) is 29.8 Å². The van der Waals surface area contributed by atoms with Crippen LogP contribution in [-0.2, 0) is 6.42 Å². The lowest BCUT2D eigenvalue weighted by Gasteiger charge is -2.14. The van der Waals surface area contributed by atoms with Crippen molar-refractivity contribution in [2.75, 3.05) is 26.7 Å². The zero-order valence-corrected chi connectivity index (χ0v) is 17.3. The van der Waals surface area contributed by atoms with Crippen LogP contribution in [0.4, 0.5) is 0 Å². The van der Waals surface area contributed by atoms with E-state index in [2.05, 4.69) is 45.7 Å². The Bertz CT molecular complexity index is 964. The van der Waals surface area contributed by atoms with Gasteiger partial charge in [0.15, 0.2) is 5.96 Å². The SMILES string of the molecule is CCNC(=NCC(O)c1cccc(OC)c1)NCCc1c(C)[nH]c2ccccc12. The summed E-state index contributed by atoms with van der Waals surface area (Å²) in [6.45, 7) is 5.92. The number of nitrogens with one attached hydrogen (secondary N) is 3. The van der Waals surface area contributed by atoms with Crippen molar-refractivity contribution >= 4 is 16.9 Å². The van der Waals surface area contributed by atoms with Gasteiger partial charge in [0.2, 0.25) is 0 Å².